The number of fused-ring (bicyclic) bond motifs is 1. The second-order valence-electron chi connectivity index (χ2n) is 18.3. The molecule has 16 heteroatoms. The highest BCUT2D eigenvalue weighted by Gasteiger charge is 2.64. The highest BCUT2D eigenvalue weighted by Crippen LogP contribution is 2.56. The van der Waals surface area contributed by atoms with Crippen molar-refractivity contribution in [1.29, 1.82) is 5.26 Å². The molecule has 1 atom stereocenters. The Kier molecular flexibility index (Phi) is 11.3. The van der Waals surface area contributed by atoms with Crippen LogP contribution in [0.5, 0.6) is 5.75 Å². The van der Waals surface area contributed by atoms with Gasteiger partial charge in [0.05, 0.1) is 28.8 Å². The number of anilines is 2. The summed E-state index contributed by atoms with van der Waals surface area (Å²) in [5.74, 6) is -0.474. The SMILES string of the molecule is CC1(C)C(NC(=O)c2ccc(N3CCC(CN4CCN(c5ccc6c(=O)n([C@@H]7CCC(=O)NC7=O)ncc6c5)CC4)CC3)cc2)C(C)(C)C1Oc1ccc(C#N)c(C(F)(F)F)c1. The van der Waals surface area contributed by atoms with E-state index in [9.17, 15) is 32.3 Å². The van der Waals surface area contributed by atoms with Gasteiger partial charge in [0.15, 0.2) is 0 Å². The van der Waals surface area contributed by atoms with Gasteiger partial charge in [-0.15, -0.1) is 0 Å². The fourth-order valence-electron chi connectivity index (χ4n) is 10.3. The number of piperidine rings is 2. The molecule has 4 aromatic rings. The summed E-state index contributed by atoms with van der Waals surface area (Å²) in [6.45, 7) is 14.2. The van der Waals surface area contributed by atoms with Crippen LogP contribution in [-0.4, -0.2) is 90.4 Å². The molecule has 3 aromatic carbocycles. The molecule has 1 saturated carbocycles. The molecule has 4 heterocycles. The summed E-state index contributed by atoms with van der Waals surface area (Å²) in [5, 5.41) is 20.1. The van der Waals surface area contributed by atoms with E-state index in [4.69, 9.17) is 10.00 Å². The zero-order chi connectivity index (χ0) is 44.1. The van der Waals surface area contributed by atoms with Crippen molar-refractivity contribution in [3.63, 3.8) is 0 Å². The third-order valence-corrected chi connectivity index (χ3v) is 13.4. The average molecular weight is 853 g/mol. The maximum Gasteiger partial charge on any atom is 0.417 e. The van der Waals surface area contributed by atoms with Crippen LogP contribution in [0.25, 0.3) is 10.8 Å². The number of imide groups is 1. The molecule has 0 radical (unpaired) electrons. The molecule has 3 aliphatic heterocycles. The first-order chi connectivity index (χ1) is 29.4. The first-order valence-electron chi connectivity index (χ1n) is 21.2. The van der Waals surface area contributed by atoms with Gasteiger partial charge in [-0.05, 0) is 85.8 Å². The van der Waals surface area contributed by atoms with Gasteiger partial charge in [-0.1, -0.05) is 27.7 Å². The summed E-state index contributed by atoms with van der Waals surface area (Å²) in [7, 11) is 0. The number of aromatic nitrogens is 2. The molecule has 13 nitrogen and oxygen atoms in total. The zero-order valence-electron chi connectivity index (χ0n) is 35.3. The normalized spacial score (nSPS) is 23.0. The van der Waals surface area contributed by atoms with Gasteiger partial charge in [-0.3, -0.25) is 29.4 Å². The predicted octanol–water partition coefficient (Wildman–Crippen LogP) is 5.92. The quantitative estimate of drug-likeness (QED) is 0.194. The number of nitrogens with one attached hydrogen (secondary N) is 2. The van der Waals surface area contributed by atoms with Gasteiger partial charge in [0.2, 0.25) is 5.91 Å². The molecule has 0 unspecified atom stereocenters. The number of carbonyl (C=O) groups excluding carboxylic acids is 3. The van der Waals surface area contributed by atoms with Gasteiger partial charge in [-0.2, -0.15) is 23.5 Å². The van der Waals surface area contributed by atoms with Crippen molar-refractivity contribution in [2.24, 2.45) is 16.7 Å². The van der Waals surface area contributed by atoms with E-state index in [2.05, 4.69) is 30.4 Å². The third-order valence-electron chi connectivity index (χ3n) is 13.4. The number of nitrogens with zero attached hydrogens (tertiary/aromatic N) is 6. The maximum atomic E-state index is 13.6. The molecule has 4 fully saturated rings. The van der Waals surface area contributed by atoms with Gasteiger partial charge in [0, 0.05) is 91.4 Å². The standard InChI is InChI=1S/C46H51F3N8O5/c1-44(2)42(45(3,4)43(44)62-34-11-7-30(25-50)36(24-34)46(47,48)49)53-39(59)29-5-8-32(9-6-29)55-17-15-28(16-18-55)27-54-19-21-56(22-20-54)33-10-12-35-31(23-33)26-51-57(41(35)61)37-13-14-38(58)52-40(37)60/h5-12,23-24,26,28,37,42-43H,13-22,27H2,1-4H3,(H,53,59)(H,52,58,60)/t37-,42?,43?/m1/s1. The Balaban J connectivity index is 0.797. The van der Waals surface area contributed by atoms with Crippen molar-refractivity contribution >= 4 is 39.9 Å². The maximum absolute atomic E-state index is 13.6. The van der Waals surface area contributed by atoms with Crippen LogP contribution in [0.1, 0.15) is 80.9 Å². The molecule has 0 bridgehead atoms. The van der Waals surface area contributed by atoms with Crippen LogP contribution >= 0.6 is 0 Å². The fourth-order valence-corrected chi connectivity index (χ4v) is 10.3. The summed E-state index contributed by atoms with van der Waals surface area (Å²) in [5.41, 5.74) is -0.442. The number of benzene rings is 3. The average Bonchev–Trinajstić information content (AvgIpc) is 3.25. The van der Waals surface area contributed by atoms with E-state index in [1.54, 1.807) is 18.3 Å². The number of hydrogen-bond donors (Lipinski definition) is 2. The molecule has 1 aromatic heterocycles. The highest BCUT2D eigenvalue weighted by atomic mass is 19.4. The van der Waals surface area contributed by atoms with Crippen LogP contribution in [0.2, 0.25) is 0 Å². The Bertz CT molecular complexity index is 2470. The number of ether oxygens (including phenoxy) is 1. The lowest BCUT2D eigenvalue weighted by molar-refractivity contribution is -0.164. The Morgan fingerprint density at radius 3 is 2.19 bits per heavy atom. The summed E-state index contributed by atoms with van der Waals surface area (Å²) in [4.78, 5) is 57.9. The molecule has 3 amide bonds. The Labute approximate surface area is 357 Å². The molecule has 62 heavy (non-hydrogen) atoms. The minimum atomic E-state index is -4.69. The number of rotatable bonds is 9. The van der Waals surface area contributed by atoms with E-state index in [0.29, 0.717) is 22.3 Å². The van der Waals surface area contributed by atoms with Crippen molar-refractivity contribution in [3.8, 4) is 11.8 Å². The minimum Gasteiger partial charge on any atom is -0.489 e. The van der Waals surface area contributed by atoms with Gasteiger partial charge < -0.3 is 19.9 Å². The summed E-state index contributed by atoms with van der Waals surface area (Å²) < 4.78 is 48.1. The Morgan fingerprint density at radius 1 is 0.887 bits per heavy atom. The lowest BCUT2D eigenvalue weighted by Crippen LogP contribution is -2.74. The number of carbonyl (C=O) groups is 3. The highest BCUT2D eigenvalue weighted by molar-refractivity contribution is 5.99. The van der Waals surface area contributed by atoms with Crippen LogP contribution in [0.3, 0.4) is 0 Å². The fraction of sp³-hybridized carbons (Fsp3) is 0.478. The molecule has 326 valence electrons. The van der Waals surface area contributed by atoms with Crippen molar-refractivity contribution in [2.75, 3.05) is 55.6 Å². The number of amides is 3. The summed E-state index contributed by atoms with van der Waals surface area (Å²) >= 11 is 0. The van der Waals surface area contributed by atoms with E-state index in [1.807, 2.05) is 64.1 Å². The lowest BCUT2D eigenvalue weighted by Gasteiger charge is -2.63. The molecular formula is C46H51F3N8O5. The van der Waals surface area contributed by atoms with Crippen LogP contribution in [-0.2, 0) is 15.8 Å². The monoisotopic (exact) mass is 852 g/mol. The van der Waals surface area contributed by atoms with Gasteiger partial charge >= 0.3 is 6.18 Å². The molecule has 0 spiro atoms. The van der Waals surface area contributed by atoms with Crippen LogP contribution in [0.15, 0.2) is 71.7 Å². The Hall–Kier alpha value is -5.95. The topological polar surface area (TPSA) is 153 Å². The number of nitriles is 1. The van der Waals surface area contributed by atoms with Crippen LogP contribution < -0.4 is 30.7 Å². The molecule has 1 aliphatic carbocycles. The zero-order valence-corrected chi connectivity index (χ0v) is 35.3. The molecular weight excluding hydrogens is 802 g/mol. The molecule has 2 N–H and O–H groups in total. The molecule has 8 rings (SSSR count). The summed E-state index contributed by atoms with van der Waals surface area (Å²) in [6.07, 6.45) is -1.04. The number of alkyl halides is 3. The van der Waals surface area contributed by atoms with Crippen molar-refractivity contribution in [3.05, 3.63) is 93.9 Å². The lowest BCUT2D eigenvalue weighted by atomic mass is 9.49. The largest absolute Gasteiger partial charge is 0.489 e. The van der Waals surface area contributed by atoms with E-state index in [1.165, 1.54) is 10.7 Å². The van der Waals surface area contributed by atoms with E-state index >= 15 is 0 Å². The number of halogens is 3. The third kappa shape index (κ3) is 8.22. The summed E-state index contributed by atoms with van der Waals surface area (Å²) in [6, 6.07) is 17.2. The van der Waals surface area contributed by atoms with Crippen LogP contribution in [0.4, 0.5) is 24.5 Å². The first-order valence-corrected chi connectivity index (χ1v) is 21.2. The van der Waals surface area contributed by atoms with Gasteiger partial charge in [0.25, 0.3) is 17.4 Å². The minimum absolute atomic E-state index is 0.0230. The van der Waals surface area contributed by atoms with Gasteiger partial charge in [-0.25, -0.2) is 4.68 Å². The van der Waals surface area contributed by atoms with E-state index in [0.717, 1.165) is 82.2 Å². The van der Waals surface area contributed by atoms with E-state index < -0.39 is 46.2 Å². The smallest absolute Gasteiger partial charge is 0.417 e. The van der Waals surface area contributed by atoms with Crippen molar-refractivity contribution < 1.29 is 32.3 Å². The predicted molar refractivity (Wildman–Crippen MR) is 227 cm³/mol. The Morgan fingerprint density at radius 2 is 1.55 bits per heavy atom. The molecule has 3 saturated heterocycles. The second kappa shape index (κ2) is 16.4. The van der Waals surface area contributed by atoms with Crippen molar-refractivity contribution in [1.82, 2.24) is 25.3 Å². The van der Waals surface area contributed by atoms with Crippen molar-refractivity contribution in [2.45, 2.75) is 77.7 Å². The number of hydrogen-bond acceptors (Lipinski definition) is 10. The van der Waals surface area contributed by atoms with Gasteiger partial charge in [0.1, 0.15) is 17.9 Å². The first kappa shape index (κ1) is 42.7. The second-order valence-corrected chi connectivity index (χ2v) is 18.3. The van der Waals surface area contributed by atoms with Crippen LogP contribution in [0, 0.1) is 28.1 Å². The number of piperazine rings is 1. The van der Waals surface area contributed by atoms with E-state index in [-0.39, 0.29) is 42.0 Å². The molecule has 4 aliphatic rings.